The molecule has 29 heavy (non-hydrogen) atoms. The molecular formula is C24H40O5. The predicted molar refractivity (Wildman–Crippen MR) is 110 cm³/mol. The summed E-state index contributed by atoms with van der Waals surface area (Å²) in [6.45, 7) is 7.00. The zero-order valence-corrected chi connectivity index (χ0v) is 18.5. The molecular weight excluding hydrogens is 368 g/mol. The molecule has 0 saturated heterocycles. The monoisotopic (exact) mass is 408 g/mol. The van der Waals surface area contributed by atoms with Gasteiger partial charge < -0.3 is 19.3 Å². The highest BCUT2D eigenvalue weighted by molar-refractivity contribution is 5.62. The highest BCUT2D eigenvalue weighted by Crippen LogP contribution is 2.72. The van der Waals surface area contributed by atoms with E-state index < -0.39 is 11.8 Å². The average molecular weight is 409 g/mol. The number of carbonyl (C=O) groups excluding carboxylic acids is 1. The van der Waals surface area contributed by atoms with Gasteiger partial charge in [0.15, 0.2) is 0 Å². The van der Waals surface area contributed by atoms with E-state index in [4.69, 9.17) is 19.3 Å². The van der Waals surface area contributed by atoms with E-state index in [2.05, 4.69) is 20.8 Å². The highest BCUT2D eigenvalue weighted by atomic mass is 16.7. The lowest BCUT2D eigenvalue weighted by molar-refractivity contribution is -0.0768. The van der Waals surface area contributed by atoms with Gasteiger partial charge in [-0.05, 0) is 62.7 Å². The van der Waals surface area contributed by atoms with Gasteiger partial charge in [-0.25, -0.2) is 4.79 Å². The van der Waals surface area contributed by atoms with E-state index in [-0.39, 0.29) is 30.1 Å². The van der Waals surface area contributed by atoms with Crippen LogP contribution in [-0.2, 0) is 14.2 Å². The Bertz CT molecular complexity index is 594. The third kappa shape index (κ3) is 3.60. The zero-order valence-electron chi connectivity index (χ0n) is 18.5. The fraction of sp³-hybridized carbons (Fsp3) is 0.958. The molecule has 8 unspecified atom stereocenters. The average Bonchev–Trinajstić information content (AvgIpc) is 3.27. The topological polar surface area (TPSA) is 65.0 Å². The highest BCUT2D eigenvalue weighted by Gasteiger charge is 2.79. The van der Waals surface area contributed by atoms with Crippen molar-refractivity contribution in [1.82, 2.24) is 0 Å². The minimum absolute atomic E-state index is 0.0212. The minimum Gasteiger partial charge on any atom is -0.431 e. The van der Waals surface area contributed by atoms with Crippen LogP contribution < -0.4 is 0 Å². The quantitative estimate of drug-likeness (QED) is 0.594. The Morgan fingerprint density at radius 2 is 1.90 bits per heavy atom. The number of carbonyl (C=O) groups is 1. The van der Waals surface area contributed by atoms with Gasteiger partial charge in [0.05, 0.1) is 19.3 Å². The van der Waals surface area contributed by atoms with Crippen LogP contribution in [0.5, 0.6) is 0 Å². The molecule has 0 radical (unpaired) electrons. The normalized spacial score (nSPS) is 45.9. The van der Waals surface area contributed by atoms with Gasteiger partial charge in [-0.1, -0.05) is 40.0 Å². The SMILES string of the molecule is CCC1CCC2CCC(OC(=O)OC3(CC)C4C(OCCO)CCCC43C)C1C2. The van der Waals surface area contributed by atoms with E-state index >= 15 is 0 Å². The molecule has 2 bridgehead atoms. The molecule has 0 aromatic heterocycles. The van der Waals surface area contributed by atoms with Crippen molar-refractivity contribution in [3.8, 4) is 0 Å². The summed E-state index contributed by atoms with van der Waals surface area (Å²) < 4.78 is 18.1. The standard InChI is InChI=1S/C24H40O5/c1-4-17-10-8-16-9-11-19(18(17)15-16)28-22(26)29-24(5-2)21-20(27-14-13-25)7-6-12-23(21,24)3/h16-21,25H,4-15H2,1-3H3. The number of fused-ring (bicyclic) bond motifs is 3. The predicted octanol–water partition coefficient (Wildman–Crippen LogP) is 5.09. The second-order valence-electron chi connectivity index (χ2n) is 10.3. The lowest BCUT2D eigenvalue weighted by atomic mass is 9.65. The van der Waals surface area contributed by atoms with Crippen molar-refractivity contribution >= 4 is 6.16 Å². The summed E-state index contributed by atoms with van der Waals surface area (Å²) in [7, 11) is 0. The van der Waals surface area contributed by atoms with Gasteiger partial charge in [0.2, 0.25) is 0 Å². The van der Waals surface area contributed by atoms with Gasteiger partial charge in [0.1, 0.15) is 11.7 Å². The van der Waals surface area contributed by atoms with Crippen LogP contribution in [-0.4, -0.2) is 42.3 Å². The fourth-order valence-electron chi connectivity index (χ4n) is 7.58. The molecule has 4 fully saturated rings. The van der Waals surface area contributed by atoms with Crippen molar-refractivity contribution in [3.05, 3.63) is 0 Å². The van der Waals surface area contributed by atoms with Crippen LogP contribution in [0.4, 0.5) is 4.79 Å². The van der Waals surface area contributed by atoms with Crippen molar-refractivity contribution in [1.29, 1.82) is 0 Å². The number of rotatable bonds is 7. The molecule has 5 nitrogen and oxygen atoms in total. The molecule has 1 N–H and O–H groups in total. The van der Waals surface area contributed by atoms with Crippen LogP contribution in [0, 0.1) is 29.1 Å². The van der Waals surface area contributed by atoms with E-state index in [1.54, 1.807) is 0 Å². The van der Waals surface area contributed by atoms with E-state index in [0.29, 0.717) is 18.4 Å². The first kappa shape index (κ1) is 21.4. The van der Waals surface area contributed by atoms with E-state index in [9.17, 15) is 4.79 Å². The van der Waals surface area contributed by atoms with Crippen LogP contribution in [0.25, 0.3) is 0 Å². The second-order valence-corrected chi connectivity index (χ2v) is 10.3. The molecule has 4 aliphatic rings. The molecule has 166 valence electrons. The Labute approximate surface area is 175 Å². The summed E-state index contributed by atoms with van der Waals surface area (Å²) in [5.41, 5.74) is -0.512. The van der Waals surface area contributed by atoms with Crippen molar-refractivity contribution < 1.29 is 24.1 Å². The van der Waals surface area contributed by atoms with Gasteiger partial charge in [0, 0.05) is 11.3 Å². The molecule has 0 spiro atoms. The zero-order chi connectivity index (χ0) is 20.6. The van der Waals surface area contributed by atoms with Gasteiger partial charge in [-0.15, -0.1) is 0 Å². The first-order chi connectivity index (χ1) is 14.0. The van der Waals surface area contributed by atoms with Crippen LogP contribution in [0.3, 0.4) is 0 Å². The van der Waals surface area contributed by atoms with E-state index in [1.165, 1.54) is 32.1 Å². The van der Waals surface area contributed by atoms with Gasteiger partial charge in [0.25, 0.3) is 0 Å². The first-order valence-electron chi connectivity index (χ1n) is 12.1. The summed E-state index contributed by atoms with van der Waals surface area (Å²) >= 11 is 0. The number of aliphatic hydroxyl groups excluding tert-OH is 1. The fourth-order valence-corrected chi connectivity index (χ4v) is 7.58. The third-order valence-corrected chi connectivity index (χ3v) is 9.11. The Balaban J connectivity index is 1.41. The summed E-state index contributed by atoms with van der Waals surface area (Å²) in [5.74, 6) is 2.23. The van der Waals surface area contributed by atoms with Crippen LogP contribution in [0.15, 0.2) is 0 Å². The van der Waals surface area contributed by atoms with Crippen LogP contribution in [0.2, 0.25) is 0 Å². The third-order valence-electron chi connectivity index (χ3n) is 9.11. The summed E-state index contributed by atoms with van der Waals surface area (Å²) in [5, 5.41) is 9.16. The molecule has 0 heterocycles. The van der Waals surface area contributed by atoms with Crippen LogP contribution in [0.1, 0.15) is 85.0 Å². The number of aliphatic hydroxyl groups is 1. The molecule has 5 heteroatoms. The number of ether oxygens (including phenoxy) is 3. The van der Waals surface area contributed by atoms with Crippen LogP contribution >= 0.6 is 0 Å². The number of hydrogen-bond acceptors (Lipinski definition) is 5. The van der Waals surface area contributed by atoms with Crippen molar-refractivity contribution in [2.45, 2.75) is 103 Å². The maximum atomic E-state index is 13.0. The first-order valence-corrected chi connectivity index (χ1v) is 12.1. The van der Waals surface area contributed by atoms with Crippen molar-refractivity contribution in [2.24, 2.45) is 29.1 Å². The second kappa shape index (κ2) is 8.37. The van der Waals surface area contributed by atoms with Gasteiger partial charge >= 0.3 is 6.16 Å². The molecule has 0 amide bonds. The maximum Gasteiger partial charge on any atom is 0.509 e. The molecule has 8 atom stereocenters. The lowest BCUT2D eigenvalue weighted by Crippen LogP contribution is -2.41. The largest absolute Gasteiger partial charge is 0.509 e. The molecule has 0 aromatic carbocycles. The van der Waals surface area contributed by atoms with Crippen molar-refractivity contribution in [2.75, 3.05) is 13.2 Å². The summed E-state index contributed by atoms with van der Waals surface area (Å²) in [6, 6.07) is 0. The Morgan fingerprint density at radius 1 is 1.10 bits per heavy atom. The Hall–Kier alpha value is -0.810. The summed E-state index contributed by atoms with van der Waals surface area (Å²) in [4.78, 5) is 13.0. The lowest BCUT2D eigenvalue weighted by Gasteiger charge is -2.44. The van der Waals surface area contributed by atoms with Crippen molar-refractivity contribution in [3.63, 3.8) is 0 Å². The smallest absolute Gasteiger partial charge is 0.431 e. The molecule has 4 saturated carbocycles. The summed E-state index contributed by atoms with van der Waals surface area (Å²) in [6.07, 6.45) is 10.7. The minimum atomic E-state index is -0.478. The van der Waals surface area contributed by atoms with Gasteiger partial charge in [-0.3, -0.25) is 0 Å². The molecule has 4 aliphatic carbocycles. The Kier molecular flexibility index (Phi) is 6.19. The Morgan fingerprint density at radius 3 is 2.62 bits per heavy atom. The van der Waals surface area contributed by atoms with E-state index in [0.717, 1.165) is 38.0 Å². The molecule has 0 aromatic rings. The van der Waals surface area contributed by atoms with Gasteiger partial charge in [-0.2, -0.15) is 0 Å². The number of hydrogen-bond donors (Lipinski definition) is 1. The molecule has 0 aliphatic heterocycles. The molecule has 4 rings (SSSR count). The maximum absolute atomic E-state index is 13.0. The van der Waals surface area contributed by atoms with E-state index in [1.807, 2.05) is 0 Å².